The first-order valence-electron chi connectivity index (χ1n) is 7.85. The van der Waals surface area contributed by atoms with Crippen molar-refractivity contribution in [3.63, 3.8) is 0 Å². The van der Waals surface area contributed by atoms with Gasteiger partial charge in [-0.3, -0.25) is 9.59 Å². The summed E-state index contributed by atoms with van der Waals surface area (Å²) in [5, 5.41) is 3.46. The van der Waals surface area contributed by atoms with Crippen LogP contribution in [0.5, 0.6) is 5.75 Å². The Morgan fingerprint density at radius 1 is 1.00 bits per heavy atom. The molecule has 2 aromatic rings. The first-order chi connectivity index (χ1) is 11.6. The molecule has 0 fully saturated rings. The van der Waals surface area contributed by atoms with Gasteiger partial charge in [0.1, 0.15) is 5.75 Å². The van der Waals surface area contributed by atoms with Gasteiger partial charge in [0.25, 0.3) is 0 Å². The molecule has 0 atom stereocenters. The Balaban J connectivity index is 1.76. The second kappa shape index (κ2) is 9.08. The Bertz CT molecular complexity index is 681. The first-order valence-corrected chi connectivity index (χ1v) is 8.23. The summed E-state index contributed by atoms with van der Waals surface area (Å²) in [7, 11) is 0. The van der Waals surface area contributed by atoms with Crippen LogP contribution in [0.2, 0.25) is 5.02 Å². The van der Waals surface area contributed by atoms with E-state index in [-0.39, 0.29) is 24.5 Å². The van der Waals surface area contributed by atoms with Crippen molar-refractivity contribution >= 4 is 23.3 Å². The fourth-order valence-corrected chi connectivity index (χ4v) is 2.29. The molecule has 0 aromatic heterocycles. The quantitative estimate of drug-likeness (QED) is 0.735. The number of hydrogen-bond acceptors (Lipinski definition) is 3. The Morgan fingerprint density at radius 3 is 2.29 bits per heavy atom. The molecule has 0 aliphatic heterocycles. The molecule has 1 N–H and O–H groups in total. The van der Waals surface area contributed by atoms with Gasteiger partial charge in [0, 0.05) is 30.0 Å². The molecule has 0 aliphatic carbocycles. The van der Waals surface area contributed by atoms with E-state index in [1.165, 1.54) is 0 Å². The second-order valence-electron chi connectivity index (χ2n) is 5.28. The van der Waals surface area contributed by atoms with Crippen LogP contribution in [-0.4, -0.2) is 18.3 Å². The van der Waals surface area contributed by atoms with Crippen LogP contribution in [0.3, 0.4) is 0 Å². The van der Waals surface area contributed by atoms with E-state index in [9.17, 15) is 9.59 Å². The van der Waals surface area contributed by atoms with E-state index in [0.717, 1.165) is 11.3 Å². The number of halogens is 1. The van der Waals surface area contributed by atoms with Crippen LogP contribution in [0.4, 0.5) is 0 Å². The maximum absolute atomic E-state index is 12.1. The zero-order chi connectivity index (χ0) is 17.4. The number of hydrogen-bond donors (Lipinski definition) is 1. The fraction of sp³-hybridized carbons (Fsp3) is 0.263. The van der Waals surface area contributed by atoms with E-state index in [4.69, 9.17) is 16.3 Å². The van der Waals surface area contributed by atoms with Gasteiger partial charge in [-0.1, -0.05) is 23.7 Å². The summed E-state index contributed by atoms with van der Waals surface area (Å²) in [5.41, 5.74) is 1.55. The molecule has 0 spiro atoms. The van der Waals surface area contributed by atoms with Crippen LogP contribution in [0, 0.1) is 0 Å². The van der Waals surface area contributed by atoms with Crippen molar-refractivity contribution in [2.45, 2.75) is 26.3 Å². The third-order valence-electron chi connectivity index (χ3n) is 3.47. The average molecular weight is 346 g/mol. The Morgan fingerprint density at radius 2 is 1.67 bits per heavy atom. The normalized spacial score (nSPS) is 10.2. The highest BCUT2D eigenvalue weighted by molar-refractivity contribution is 6.30. The third kappa shape index (κ3) is 5.70. The summed E-state index contributed by atoms with van der Waals surface area (Å²) in [6.07, 6.45) is 0.347. The summed E-state index contributed by atoms with van der Waals surface area (Å²) < 4.78 is 5.34. The Kier molecular flexibility index (Phi) is 6.82. The van der Waals surface area contributed by atoms with E-state index < -0.39 is 0 Å². The molecule has 0 saturated carbocycles. The number of ether oxygens (including phenoxy) is 1. The SMILES string of the molecule is CCOc1ccc(C(=O)CCC(=O)NCc2ccc(Cl)cc2)cc1. The molecule has 0 saturated heterocycles. The van der Waals surface area contributed by atoms with Gasteiger partial charge in [-0.15, -0.1) is 0 Å². The van der Waals surface area contributed by atoms with Crippen LogP contribution in [0.15, 0.2) is 48.5 Å². The van der Waals surface area contributed by atoms with Gasteiger partial charge in [-0.05, 0) is 48.9 Å². The number of rotatable bonds is 8. The minimum atomic E-state index is -0.149. The van der Waals surface area contributed by atoms with Crippen molar-refractivity contribution in [3.05, 3.63) is 64.7 Å². The standard InChI is InChI=1S/C19H20ClNO3/c1-2-24-17-9-5-15(6-10-17)18(22)11-12-19(23)21-13-14-3-7-16(20)8-4-14/h3-10H,2,11-13H2,1H3,(H,21,23). The maximum atomic E-state index is 12.1. The monoisotopic (exact) mass is 345 g/mol. The van der Waals surface area contributed by atoms with Crippen molar-refractivity contribution in [3.8, 4) is 5.75 Å². The first kappa shape index (κ1) is 18.0. The predicted octanol–water partition coefficient (Wildman–Crippen LogP) is 4.02. The van der Waals surface area contributed by atoms with Gasteiger partial charge >= 0.3 is 0 Å². The third-order valence-corrected chi connectivity index (χ3v) is 3.72. The van der Waals surface area contributed by atoms with Crippen molar-refractivity contribution in [1.82, 2.24) is 5.32 Å². The van der Waals surface area contributed by atoms with E-state index in [2.05, 4.69) is 5.32 Å². The summed E-state index contributed by atoms with van der Waals surface area (Å²) in [5.74, 6) is 0.527. The molecule has 1 amide bonds. The van der Waals surface area contributed by atoms with Gasteiger partial charge in [-0.25, -0.2) is 0 Å². The lowest BCUT2D eigenvalue weighted by atomic mass is 10.1. The summed E-state index contributed by atoms with van der Waals surface area (Å²) in [4.78, 5) is 23.9. The summed E-state index contributed by atoms with van der Waals surface area (Å²) in [6.45, 7) is 2.91. The van der Waals surface area contributed by atoms with Crippen molar-refractivity contribution in [2.75, 3.05) is 6.61 Å². The molecule has 24 heavy (non-hydrogen) atoms. The molecule has 4 nitrogen and oxygen atoms in total. The molecule has 0 unspecified atom stereocenters. The number of ketones is 1. The molecule has 0 heterocycles. The molecule has 0 bridgehead atoms. The van der Waals surface area contributed by atoms with Crippen molar-refractivity contribution < 1.29 is 14.3 Å². The van der Waals surface area contributed by atoms with Crippen LogP contribution in [0.1, 0.15) is 35.7 Å². The zero-order valence-corrected chi connectivity index (χ0v) is 14.3. The van der Waals surface area contributed by atoms with Gasteiger partial charge in [0.05, 0.1) is 6.61 Å². The minimum Gasteiger partial charge on any atom is -0.494 e. The van der Waals surface area contributed by atoms with E-state index in [1.807, 2.05) is 19.1 Å². The molecule has 0 aliphatic rings. The summed E-state index contributed by atoms with van der Waals surface area (Å²) in [6, 6.07) is 14.2. The zero-order valence-electron chi connectivity index (χ0n) is 13.5. The van der Waals surface area contributed by atoms with E-state index in [1.54, 1.807) is 36.4 Å². The molecule has 0 radical (unpaired) electrons. The lowest BCUT2D eigenvalue weighted by Gasteiger charge is -2.06. The highest BCUT2D eigenvalue weighted by atomic mass is 35.5. The smallest absolute Gasteiger partial charge is 0.220 e. The lowest BCUT2D eigenvalue weighted by molar-refractivity contribution is -0.121. The number of Topliss-reactive ketones (excluding diaryl/α,β-unsaturated/α-hetero) is 1. The molecule has 5 heteroatoms. The fourth-order valence-electron chi connectivity index (χ4n) is 2.17. The molecular weight excluding hydrogens is 326 g/mol. The van der Waals surface area contributed by atoms with Crippen molar-refractivity contribution in [1.29, 1.82) is 0 Å². The molecule has 2 aromatic carbocycles. The van der Waals surface area contributed by atoms with Crippen LogP contribution < -0.4 is 10.1 Å². The minimum absolute atomic E-state index is 0.0558. The number of carbonyl (C=O) groups is 2. The molecule has 126 valence electrons. The van der Waals surface area contributed by atoms with Gasteiger partial charge < -0.3 is 10.1 Å². The van der Waals surface area contributed by atoms with Gasteiger partial charge in [0.15, 0.2) is 5.78 Å². The van der Waals surface area contributed by atoms with Crippen LogP contribution in [0.25, 0.3) is 0 Å². The van der Waals surface area contributed by atoms with Crippen LogP contribution in [-0.2, 0) is 11.3 Å². The number of benzene rings is 2. The second-order valence-corrected chi connectivity index (χ2v) is 5.72. The number of amides is 1. The largest absolute Gasteiger partial charge is 0.494 e. The average Bonchev–Trinajstić information content (AvgIpc) is 2.60. The van der Waals surface area contributed by atoms with Crippen molar-refractivity contribution in [2.24, 2.45) is 0 Å². The highest BCUT2D eigenvalue weighted by Crippen LogP contribution is 2.14. The van der Waals surface area contributed by atoms with E-state index >= 15 is 0 Å². The highest BCUT2D eigenvalue weighted by Gasteiger charge is 2.09. The summed E-state index contributed by atoms with van der Waals surface area (Å²) >= 11 is 5.81. The topological polar surface area (TPSA) is 55.4 Å². The lowest BCUT2D eigenvalue weighted by Crippen LogP contribution is -2.23. The number of nitrogens with one attached hydrogen (secondary N) is 1. The van der Waals surface area contributed by atoms with Gasteiger partial charge in [-0.2, -0.15) is 0 Å². The molecular formula is C19H20ClNO3. The van der Waals surface area contributed by atoms with Crippen LogP contribution >= 0.6 is 11.6 Å². The Labute approximate surface area is 146 Å². The van der Waals surface area contributed by atoms with E-state index in [0.29, 0.717) is 23.7 Å². The predicted molar refractivity (Wildman–Crippen MR) is 94.5 cm³/mol. The maximum Gasteiger partial charge on any atom is 0.220 e. The van der Waals surface area contributed by atoms with Gasteiger partial charge in [0.2, 0.25) is 5.91 Å². The Hall–Kier alpha value is -2.33. The number of carbonyl (C=O) groups excluding carboxylic acids is 2. The molecule has 2 rings (SSSR count).